The smallest absolute Gasteiger partial charge is 0.294 e. The van der Waals surface area contributed by atoms with Gasteiger partial charge in [0.25, 0.3) is 10.1 Å². The lowest BCUT2D eigenvalue weighted by Gasteiger charge is -2.18. The Morgan fingerprint density at radius 1 is 0.938 bits per heavy atom. The molecule has 0 radical (unpaired) electrons. The fourth-order valence-electron chi connectivity index (χ4n) is 3.97. The quantitative estimate of drug-likeness (QED) is 0.219. The Hall–Kier alpha value is -2.19. The summed E-state index contributed by atoms with van der Waals surface area (Å²) < 4.78 is 44.4. The van der Waals surface area contributed by atoms with Crippen molar-refractivity contribution in [1.82, 2.24) is 0 Å². The average Bonchev–Trinajstić information content (AvgIpc) is 2.77. The van der Waals surface area contributed by atoms with Crippen LogP contribution in [0.25, 0.3) is 21.5 Å². The summed E-state index contributed by atoms with van der Waals surface area (Å²) >= 11 is 0. The molecule has 0 aromatic heterocycles. The van der Waals surface area contributed by atoms with E-state index in [9.17, 15) is 18.1 Å². The normalized spacial score (nSPS) is 14.0. The first kappa shape index (κ1) is 24.5. The van der Waals surface area contributed by atoms with E-state index in [4.69, 9.17) is 9.47 Å². The van der Waals surface area contributed by atoms with E-state index >= 15 is 0 Å². The van der Waals surface area contributed by atoms with E-state index in [-0.39, 0.29) is 18.1 Å². The Morgan fingerprint density at radius 2 is 1.69 bits per heavy atom. The van der Waals surface area contributed by atoms with E-state index in [0.717, 1.165) is 35.4 Å². The minimum absolute atomic E-state index is 0.00533. The number of benzene rings is 3. The summed E-state index contributed by atoms with van der Waals surface area (Å²) in [5.41, 5.74) is 0. The third-order valence-electron chi connectivity index (χ3n) is 5.76. The Kier molecular flexibility index (Phi) is 8.48. The van der Waals surface area contributed by atoms with Crippen molar-refractivity contribution in [3.05, 3.63) is 48.5 Å². The van der Waals surface area contributed by atoms with Gasteiger partial charge in [0.1, 0.15) is 18.5 Å². The van der Waals surface area contributed by atoms with E-state index < -0.39 is 16.2 Å². The zero-order valence-corrected chi connectivity index (χ0v) is 19.5. The van der Waals surface area contributed by atoms with Gasteiger partial charge in [0, 0.05) is 17.4 Å². The van der Waals surface area contributed by atoms with Gasteiger partial charge in [-0.05, 0) is 41.3 Å². The molecule has 0 saturated carbocycles. The fourth-order valence-corrected chi connectivity index (χ4v) is 4.48. The molecule has 0 heterocycles. The highest BCUT2D eigenvalue weighted by atomic mass is 32.2. The highest BCUT2D eigenvalue weighted by molar-refractivity contribution is 7.85. The van der Waals surface area contributed by atoms with E-state index in [1.165, 1.54) is 18.6 Å². The molecule has 0 saturated heterocycles. The number of fused-ring (bicyclic) bond motifs is 2. The topological polar surface area (TPSA) is 93.1 Å². The number of hydrogen-bond donors (Lipinski definition) is 2. The molecule has 0 aliphatic heterocycles. The van der Waals surface area contributed by atoms with E-state index in [0.29, 0.717) is 23.7 Å². The summed E-state index contributed by atoms with van der Waals surface area (Å²) in [6.07, 6.45) is 3.63. The van der Waals surface area contributed by atoms with Crippen molar-refractivity contribution in [2.45, 2.75) is 50.5 Å². The number of aliphatic hydroxyl groups is 1. The number of rotatable bonds is 12. The van der Waals surface area contributed by atoms with Crippen molar-refractivity contribution < 1.29 is 27.6 Å². The van der Waals surface area contributed by atoms with Crippen LogP contribution in [0.2, 0.25) is 0 Å². The first-order chi connectivity index (χ1) is 15.3. The van der Waals surface area contributed by atoms with E-state index in [1.54, 1.807) is 6.07 Å². The van der Waals surface area contributed by atoms with Crippen LogP contribution in [0.4, 0.5) is 0 Å². The largest absolute Gasteiger partial charge is 0.489 e. The monoisotopic (exact) mass is 460 g/mol. The number of aliphatic hydroxyl groups excluding tert-OH is 1. The molecule has 2 N–H and O–H groups in total. The number of ether oxygens (including phenoxy) is 2. The third kappa shape index (κ3) is 6.19. The summed E-state index contributed by atoms with van der Waals surface area (Å²) in [4.78, 5) is -0.202. The van der Waals surface area contributed by atoms with Crippen LogP contribution >= 0.6 is 0 Å². The molecule has 6 nitrogen and oxygen atoms in total. The van der Waals surface area contributed by atoms with Gasteiger partial charge in [-0.15, -0.1) is 0 Å². The van der Waals surface area contributed by atoms with Crippen LogP contribution in [-0.2, 0) is 14.9 Å². The molecule has 2 atom stereocenters. The Bertz CT molecular complexity index is 1140. The highest BCUT2D eigenvalue weighted by Crippen LogP contribution is 2.36. The minimum atomic E-state index is -4.35. The van der Waals surface area contributed by atoms with Crippen LogP contribution < -0.4 is 4.74 Å². The summed E-state index contributed by atoms with van der Waals surface area (Å²) in [6.45, 7) is 5.14. The molecule has 0 spiro atoms. The Morgan fingerprint density at radius 3 is 2.41 bits per heavy atom. The second-order valence-corrected chi connectivity index (χ2v) is 9.60. The van der Waals surface area contributed by atoms with Gasteiger partial charge in [0.2, 0.25) is 0 Å². The summed E-state index contributed by atoms with van der Waals surface area (Å²) in [5.74, 6) is 1.11. The molecule has 0 fully saturated rings. The SMILES string of the molecule is CCCC(CC)CCOCC(O)COc1c2ccccc2cc2ccc(S(=O)(=O)O)cc12. The zero-order chi connectivity index (χ0) is 23.1. The zero-order valence-electron chi connectivity index (χ0n) is 18.7. The van der Waals surface area contributed by atoms with Gasteiger partial charge in [0.05, 0.1) is 11.5 Å². The molecule has 0 amide bonds. The molecule has 0 aliphatic carbocycles. The molecule has 32 heavy (non-hydrogen) atoms. The van der Waals surface area contributed by atoms with Gasteiger partial charge >= 0.3 is 0 Å². The van der Waals surface area contributed by atoms with Crippen molar-refractivity contribution in [1.29, 1.82) is 0 Å². The van der Waals surface area contributed by atoms with Crippen LogP contribution in [0.1, 0.15) is 39.5 Å². The van der Waals surface area contributed by atoms with E-state index in [1.807, 2.05) is 30.3 Å². The molecule has 7 heteroatoms. The summed E-state index contributed by atoms with van der Waals surface area (Å²) in [6, 6.07) is 13.9. The molecule has 0 bridgehead atoms. The molecular weight excluding hydrogens is 428 g/mol. The summed E-state index contributed by atoms with van der Waals surface area (Å²) in [5, 5.41) is 13.4. The van der Waals surface area contributed by atoms with Crippen LogP contribution in [0.15, 0.2) is 53.4 Å². The first-order valence-corrected chi connectivity index (χ1v) is 12.6. The molecular formula is C25H32O6S. The second kappa shape index (κ2) is 11.1. The van der Waals surface area contributed by atoms with Crippen LogP contribution in [0.5, 0.6) is 5.75 Å². The van der Waals surface area contributed by atoms with Crippen molar-refractivity contribution in [3.8, 4) is 5.75 Å². The van der Waals surface area contributed by atoms with Gasteiger partial charge in [-0.25, -0.2) is 0 Å². The van der Waals surface area contributed by atoms with E-state index in [2.05, 4.69) is 13.8 Å². The van der Waals surface area contributed by atoms with Gasteiger partial charge in [-0.1, -0.05) is 63.4 Å². The van der Waals surface area contributed by atoms with Crippen LogP contribution in [0.3, 0.4) is 0 Å². The molecule has 2 unspecified atom stereocenters. The van der Waals surface area contributed by atoms with Crippen LogP contribution in [0, 0.1) is 5.92 Å². The standard InChI is InChI=1S/C25H32O6S/c1-3-7-18(4-2)12-13-30-16-21(26)17-31-25-23-9-6-5-8-19(23)14-20-10-11-22(15-24(20)25)32(27,28)29/h5-6,8-11,14-15,18,21,26H,3-4,7,12-13,16-17H2,1-2H3,(H,27,28,29). The molecule has 3 aromatic rings. The summed E-state index contributed by atoms with van der Waals surface area (Å²) in [7, 11) is -4.35. The predicted molar refractivity (Wildman–Crippen MR) is 127 cm³/mol. The fraction of sp³-hybridized carbons (Fsp3) is 0.440. The molecule has 0 aliphatic rings. The van der Waals surface area contributed by atoms with Gasteiger partial charge in [-0.3, -0.25) is 4.55 Å². The maximum atomic E-state index is 11.6. The van der Waals surface area contributed by atoms with Gasteiger partial charge < -0.3 is 14.6 Å². The Labute approximate surface area is 189 Å². The van der Waals surface area contributed by atoms with Crippen molar-refractivity contribution >= 4 is 31.7 Å². The Balaban J connectivity index is 1.75. The van der Waals surface area contributed by atoms with Crippen molar-refractivity contribution in [2.75, 3.05) is 19.8 Å². The maximum Gasteiger partial charge on any atom is 0.294 e. The molecule has 174 valence electrons. The van der Waals surface area contributed by atoms with Crippen molar-refractivity contribution in [3.63, 3.8) is 0 Å². The minimum Gasteiger partial charge on any atom is -0.489 e. The first-order valence-electron chi connectivity index (χ1n) is 11.1. The maximum absolute atomic E-state index is 11.6. The van der Waals surface area contributed by atoms with Gasteiger partial charge in [-0.2, -0.15) is 8.42 Å². The number of hydrogen-bond acceptors (Lipinski definition) is 5. The van der Waals surface area contributed by atoms with Gasteiger partial charge in [0.15, 0.2) is 0 Å². The molecule has 3 aromatic carbocycles. The second-order valence-electron chi connectivity index (χ2n) is 8.18. The lowest BCUT2D eigenvalue weighted by Crippen LogP contribution is -2.24. The average molecular weight is 461 g/mol. The lowest BCUT2D eigenvalue weighted by atomic mass is 9.98. The lowest BCUT2D eigenvalue weighted by molar-refractivity contribution is 0.00841. The molecule has 3 rings (SSSR count). The highest BCUT2D eigenvalue weighted by Gasteiger charge is 2.16. The van der Waals surface area contributed by atoms with Crippen molar-refractivity contribution in [2.24, 2.45) is 5.92 Å². The predicted octanol–water partition coefficient (Wildman–Crippen LogP) is 5.21. The third-order valence-corrected chi connectivity index (χ3v) is 6.61. The van der Waals surface area contributed by atoms with Crippen LogP contribution in [-0.4, -0.2) is 44.0 Å².